The minimum atomic E-state index is -0.0925. The molecule has 3 N–H and O–H groups in total. The van der Waals surface area contributed by atoms with Crippen molar-refractivity contribution in [2.45, 2.75) is 18.9 Å². The number of carbonyl (C=O) groups excluding carboxylic acids is 1. The van der Waals surface area contributed by atoms with Crippen LogP contribution in [-0.2, 0) is 0 Å². The first-order chi connectivity index (χ1) is 10.1. The van der Waals surface area contributed by atoms with Crippen LogP contribution in [0.2, 0.25) is 5.02 Å². The van der Waals surface area contributed by atoms with Gasteiger partial charge < -0.3 is 16.0 Å². The lowest BCUT2D eigenvalue weighted by molar-refractivity contribution is 0.0917. The summed E-state index contributed by atoms with van der Waals surface area (Å²) >= 11 is 7.58. The van der Waals surface area contributed by atoms with Crippen LogP contribution in [0.4, 0.5) is 5.69 Å². The van der Waals surface area contributed by atoms with Crippen LogP contribution in [-0.4, -0.2) is 37.0 Å². The van der Waals surface area contributed by atoms with E-state index in [-0.39, 0.29) is 11.9 Å². The molecule has 0 bridgehead atoms. The van der Waals surface area contributed by atoms with Crippen molar-refractivity contribution in [3.63, 3.8) is 0 Å². The molecule has 1 aliphatic rings. The van der Waals surface area contributed by atoms with Crippen molar-refractivity contribution < 1.29 is 4.79 Å². The molecule has 6 heteroatoms. The Morgan fingerprint density at radius 1 is 1.52 bits per heavy atom. The largest absolute Gasteiger partial charge is 0.397 e. The van der Waals surface area contributed by atoms with Crippen molar-refractivity contribution in [1.29, 1.82) is 0 Å². The van der Waals surface area contributed by atoms with Gasteiger partial charge >= 0.3 is 0 Å². The molecule has 0 spiro atoms. The van der Waals surface area contributed by atoms with Crippen molar-refractivity contribution >= 4 is 44.6 Å². The Hall–Kier alpha value is -1.30. The van der Waals surface area contributed by atoms with Crippen LogP contribution < -0.4 is 11.1 Å². The minimum absolute atomic E-state index is 0.0925. The molecule has 4 nitrogen and oxygen atoms in total. The molecule has 1 fully saturated rings. The average molecular weight is 324 g/mol. The fourth-order valence-corrected chi connectivity index (χ4v) is 4.22. The monoisotopic (exact) mass is 323 g/mol. The number of rotatable bonds is 2. The third-order valence-electron chi connectivity index (χ3n) is 3.87. The van der Waals surface area contributed by atoms with Crippen LogP contribution in [0, 0.1) is 0 Å². The summed E-state index contributed by atoms with van der Waals surface area (Å²) < 4.78 is 0.950. The zero-order chi connectivity index (χ0) is 15.0. The van der Waals surface area contributed by atoms with Gasteiger partial charge in [0.25, 0.3) is 5.91 Å². The summed E-state index contributed by atoms with van der Waals surface area (Å²) in [5.74, 6) is -0.0925. The molecule has 2 heterocycles. The van der Waals surface area contributed by atoms with E-state index >= 15 is 0 Å². The number of halogens is 1. The van der Waals surface area contributed by atoms with Gasteiger partial charge in [0.05, 0.1) is 10.7 Å². The number of thiophene rings is 1. The molecule has 1 unspecified atom stereocenters. The van der Waals surface area contributed by atoms with Gasteiger partial charge in [-0.2, -0.15) is 0 Å². The van der Waals surface area contributed by atoms with Crippen LogP contribution >= 0.6 is 22.9 Å². The van der Waals surface area contributed by atoms with E-state index in [2.05, 4.69) is 17.3 Å². The van der Waals surface area contributed by atoms with Gasteiger partial charge in [-0.1, -0.05) is 17.7 Å². The van der Waals surface area contributed by atoms with E-state index in [0.717, 1.165) is 36.0 Å². The predicted molar refractivity (Wildman–Crippen MR) is 89.2 cm³/mol. The predicted octanol–water partition coefficient (Wildman–Crippen LogP) is 2.96. The number of nitrogen functional groups attached to an aromatic ring is 1. The van der Waals surface area contributed by atoms with Crippen LogP contribution in [0.25, 0.3) is 10.1 Å². The summed E-state index contributed by atoms with van der Waals surface area (Å²) in [6.45, 7) is 1.98. The van der Waals surface area contributed by atoms with Crippen LogP contribution in [0.5, 0.6) is 0 Å². The number of nitrogens with two attached hydrogens (primary N) is 1. The highest BCUT2D eigenvalue weighted by molar-refractivity contribution is 7.21. The number of fused-ring (bicyclic) bond motifs is 1. The van der Waals surface area contributed by atoms with Crippen molar-refractivity contribution in [2.24, 2.45) is 0 Å². The Labute approximate surface area is 132 Å². The molecule has 1 aromatic carbocycles. The fraction of sp³-hybridized carbons (Fsp3) is 0.400. The van der Waals surface area contributed by atoms with Gasteiger partial charge in [0.2, 0.25) is 0 Å². The summed E-state index contributed by atoms with van der Waals surface area (Å²) in [6.07, 6.45) is 2.12. The Morgan fingerprint density at radius 2 is 2.33 bits per heavy atom. The molecule has 1 aliphatic heterocycles. The van der Waals surface area contributed by atoms with Gasteiger partial charge in [0.15, 0.2) is 0 Å². The smallest absolute Gasteiger partial charge is 0.263 e. The number of hydrogen-bond acceptors (Lipinski definition) is 4. The summed E-state index contributed by atoms with van der Waals surface area (Å²) in [4.78, 5) is 15.3. The Bertz CT molecular complexity index is 685. The van der Waals surface area contributed by atoms with Gasteiger partial charge in [-0.05, 0) is 38.6 Å². The number of carbonyl (C=O) groups is 1. The second-order valence-corrected chi connectivity index (χ2v) is 6.99. The number of amides is 1. The zero-order valence-electron chi connectivity index (χ0n) is 11.9. The first kappa shape index (κ1) is 14.6. The van der Waals surface area contributed by atoms with Crippen LogP contribution in [0.3, 0.4) is 0 Å². The second-order valence-electron chi connectivity index (χ2n) is 5.53. The number of nitrogens with zero attached hydrogens (tertiary/aromatic N) is 1. The molecule has 1 atom stereocenters. The molecule has 2 aromatic rings. The molecule has 1 saturated heterocycles. The summed E-state index contributed by atoms with van der Waals surface area (Å²) in [6, 6.07) is 5.80. The maximum atomic E-state index is 12.5. The standard InChI is InChI=1S/C15H18ClN3OS/c1-19-7-3-4-9(8-19)18-15(20)14-13(17)12-10(16)5-2-6-11(12)21-14/h2,5-6,9H,3-4,7-8,17H2,1H3,(H,18,20). The van der Waals surface area contributed by atoms with Gasteiger partial charge in [-0.15, -0.1) is 11.3 Å². The molecule has 0 saturated carbocycles. The van der Waals surface area contributed by atoms with Crippen LogP contribution in [0.15, 0.2) is 18.2 Å². The number of hydrogen-bond donors (Lipinski definition) is 2. The van der Waals surface area contributed by atoms with E-state index in [9.17, 15) is 4.79 Å². The highest BCUT2D eigenvalue weighted by Crippen LogP contribution is 2.38. The first-order valence-electron chi connectivity index (χ1n) is 7.02. The fourth-order valence-electron chi connectivity index (χ4n) is 2.83. The lowest BCUT2D eigenvalue weighted by Gasteiger charge is -2.30. The van der Waals surface area contributed by atoms with Crippen molar-refractivity contribution in [1.82, 2.24) is 10.2 Å². The maximum Gasteiger partial charge on any atom is 0.263 e. The molecular formula is C15H18ClN3OS. The molecule has 112 valence electrons. The van der Waals surface area contributed by atoms with Crippen LogP contribution in [0.1, 0.15) is 22.5 Å². The van der Waals surface area contributed by atoms with Gasteiger partial charge in [-0.25, -0.2) is 0 Å². The maximum absolute atomic E-state index is 12.5. The van der Waals surface area contributed by atoms with Crippen molar-refractivity contribution in [2.75, 3.05) is 25.9 Å². The van der Waals surface area contributed by atoms with Crippen molar-refractivity contribution in [3.05, 3.63) is 28.1 Å². The lowest BCUT2D eigenvalue weighted by Crippen LogP contribution is -2.46. The van der Waals surface area contributed by atoms with Gasteiger partial charge in [0.1, 0.15) is 4.88 Å². The number of likely N-dealkylation sites (N-methyl/N-ethyl adjacent to an activating group) is 1. The van der Waals surface area contributed by atoms with E-state index in [1.54, 1.807) is 6.07 Å². The molecule has 0 aliphatic carbocycles. The topological polar surface area (TPSA) is 58.4 Å². The van der Waals surface area contributed by atoms with E-state index in [0.29, 0.717) is 15.6 Å². The summed E-state index contributed by atoms with van der Waals surface area (Å²) in [5, 5.41) is 4.48. The van der Waals surface area contributed by atoms with E-state index in [4.69, 9.17) is 17.3 Å². The summed E-state index contributed by atoms with van der Waals surface area (Å²) in [7, 11) is 2.08. The van der Waals surface area contributed by atoms with Gasteiger partial charge in [0, 0.05) is 22.7 Å². The number of likely N-dealkylation sites (tertiary alicyclic amines) is 1. The average Bonchev–Trinajstić information content (AvgIpc) is 2.77. The molecule has 0 radical (unpaired) electrons. The number of nitrogens with one attached hydrogen (secondary N) is 1. The third kappa shape index (κ3) is 2.86. The SMILES string of the molecule is CN1CCCC(NC(=O)c2sc3cccc(Cl)c3c2N)C1. The Morgan fingerprint density at radius 3 is 3.05 bits per heavy atom. The third-order valence-corrected chi connectivity index (χ3v) is 5.35. The second kappa shape index (κ2) is 5.83. The quantitative estimate of drug-likeness (QED) is 0.893. The molecular weight excluding hydrogens is 306 g/mol. The van der Waals surface area contributed by atoms with Gasteiger partial charge in [-0.3, -0.25) is 4.79 Å². The number of piperidine rings is 1. The zero-order valence-corrected chi connectivity index (χ0v) is 13.4. The van der Waals surface area contributed by atoms with E-state index in [1.807, 2.05) is 12.1 Å². The molecule has 1 aromatic heterocycles. The van der Waals surface area contributed by atoms with E-state index < -0.39 is 0 Å². The Balaban J connectivity index is 1.85. The molecule has 3 rings (SSSR count). The van der Waals surface area contributed by atoms with E-state index in [1.165, 1.54) is 11.3 Å². The summed E-state index contributed by atoms with van der Waals surface area (Å²) in [5.41, 5.74) is 6.62. The minimum Gasteiger partial charge on any atom is -0.397 e. The first-order valence-corrected chi connectivity index (χ1v) is 8.21. The molecule has 1 amide bonds. The number of anilines is 1. The molecule has 21 heavy (non-hydrogen) atoms. The normalized spacial score (nSPS) is 19.8. The van der Waals surface area contributed by atoms with Crippen molar-refractivity contribution in [3.8, 4) is 0 Å². The Kier molecular flexibility index (Phi) is 4.06. The number of benzene rings is 1. The highest BCUT2D eigenvalue weighted by Gasteiger charge is 2.23. The highest BCUT2D eigenvalue weighted by atomic mass is 35.5. The lowest BCUT2D eigenvalue weighted by atomic mass is 10.1.